The van der Waals surface area contributed by atoms with Gasteiger partial charge in [0.05, 0.1) is 18.0 Å². The number of methoxy groups -OCH3 is 1. The lowest BCUT2D eigenvalue weighted by Crippen LogP contribution is -2.48. The number of nitrogens with one attached hydrogen (secondary N) is 1. The first-order valence-electron chi connectivity index (χ1n) is 13.1. The number of likely N-dealkylation sites (tertiary alicyclic amines) is 1. The molecule has 39 heavy (non-hydrogen) atoms. The molecule has 0 bridgehead atoms. The Balaban J connectivity index is 1.38. The van der Waals surface area contributed by atoms with E-state index < -0.39 is 35.4 Å². The van der Waals surface area contributed by atoms with Gasteiger partial charge in [-0.05, 0) is 100.0 Å². The van der Waals surface area contributed by atoms with Crippen molar-refractivity contribution in [3.8, 4) is 5.75 Å². The lowest BCUT2D eigenvalue weighted by Gasteiger charge is -2.40. The van der Waals surface area contributed by atoms with Crippen LogP contribution in [0.3, 0.4) is 0 Å². The molecule has 0 radical (unpaired) electrons. The molecule has 0 spiro atoms. The molecule has 210 valence electrons. The minimum Gasteiger partial charge on any atom is -0.497 e. The van der Waals surface area contributed by atoms with E-state index in [0.717, 1.165) is 22.5 Å². The molecule has 0 unspecified atom stereocenters. The number of halogens is 4. The van der Waals surface area contributed by atoms with E-state index in [1.54, 1.807) is 19.4 Å². The monoisotopic (exact) mass is 547 g/mol. The molecule has 1 aromatic heterocycles. The lowest BCUT2D eigenvalue weighted by molar-refractivity contribution is -0.143. The van der Waals surface area contributed by atoms with Crippen LogP contribution in [0.5, 0.6) is 5.75 Å². The molecular weight excluding hydrogens is 514 g/mol. The molecule has 6 nitrogen and oxygen atoms in total. The van der Waals surface area contributed by atoms with Gasteiger partial charge in [-0.25, -0.2) is 23.0 Å². The van der Waals surface area contributed by atoms with Gasteiger partial charge in [0, 0.05) is 23.2 Å². The summed E-state index contributed by atoms with van der Waals surface area (Å²) in [6, 6.07) is 7.02. The van der Waals surface area contributed by atoms with E-state index in [1.165, 1.54) is 0 Å². The highest BCUT2D eigenvalue weighted by Gasteiger charge is 2.40. The SMILES string of the molecule is COc1ccc2ncc(CF)c(CCCC3(C(=O)NO)CCN(CCCc4cc(F)cc(F)c4F)CC3)c2c1. The average Bonchev–Trinajstić information content (AvgIpc) is 2.95. The molecule has 1 amide bonds. The summed E-state index contributed by atoms with van der Waals surface area (Å²) >= 11 is 0. The van der Waals surface area contributed by atoms with Gasteiger partial charge in [-0.15, -0.1) is 0 Å². The van der Waals surface area contributed by atoms with Crippen molar-refractivity contribution in [2.24, 2.45) is 5.41 Å². The number of amides is 1. The van der Waals surface area contributed by atoms with E-state index in [2.05, 4.69) is 9.88 Å². The van der Waals surface area contributed by atoms with Gasteiger partial charge in [-0.1, -0.05) is 0 Å². The molecule has 10 heteroatoms. The summed E-state index contributed by atoms with van der Waals surface area (Å²) in [6.45, 7) is 1.09. The maximum absolute atomic E-state index is 13.9. The maximum Gasteiger partial charge on any atom is 0.249 e. The van der Waals surface area contributed by atoms with E-state index in [4.69, 9.17) is 4.74 Å². The third-order valence-electron chi connectivity index (χ3n) is 7.89. The number of rotatable bonds is 11. The third kappa shape index (κ3) is 6.50. The van der Waals surface area contributed by atoms with Crippen LogP contribution in [0.25, 0.3) is 10.9 Å². The standard InChI is InChI=1S/C29H33F4N3O3/c1-39-22-6-7-26-24(16-22)23(20(17-30)18-34-26)5-2-8-29(28(37)35-38)9-12-36(13-10-29)11-3-4-19-14-21(31)15-25(32)27(19)33/h6-7,14-16,18,38H,2-5,8-13,17H2,1H3,(H,35,37). The maximum atomic E-state index is 13.9. The van der Waals surface area contributed by atoms with Crippen LogP contribution in [0.4, 0.5) is 17.6 Å². The summed E-state index contributed by atoms with van der Waals surface area (Å²) in [5.74, 6) is -2.81. The van der Waals surface area contributed by atoms with Crippen LogP contribution in [0.1, 0.15) is 48.8 Å². The fourth-order valence-corrected chi connectivity index (χ4v) is 5.61. The highest BCUT2D eigenvalue weighted by Crippen LogP contribution is 2.38. The summed E-state index contributed by atoms with van der Waals surface area (Å²) in [6.07, 6.45) is 4.88. The van der Waals surface area contributed by atoms with Gasteiger partial charge in [0.1, 0.15) is 18.2 Å². The van der Waals surface area contributed by atoms with Gasteiger partial charge in [0.25, 0.3) is 0 Å². The molecule has 0 aliphatic carbocycles. The van der Waals surface area contributed by atoms with Crippen molar-refractivity contribution in [2.45, 2.75) is 51.6 Å². The highest BCUT2D eigenvalue weighted by atomic mass is 19.2. The number of ether oxygens (including phenoxy) is 1. The molecule has 3 aromatic rings. The second-order valence-corrected chi connectivity index (χ2v) is 10.2. The Kier molecular flexibility index (Phi) is 9.40. The minimum atomic E-state index is -1.19. The van der Waals surface area contributed by atoms with E-state index >= 15 is 0 Å². The van der Waals surface area contributed by atoms with Gasteiger partial charge in [-0.2, -0.15) is 0 Å². The highest BCUT2D eigenvalue weighted by molar-refractivity contribution is 5.84. The van der Waals surface area contributed by atoms with E-state index in [9.17, 15) is 27.6 Å². The zero-order valence-electron chi connectivity index (χ0n) is 21.9. The van der Waals surface area contributed by atoms with Crippen LogP contribution >= 0.6 is 0 Å². The van der Waals surface area contributed by atoms with Gasteiger partial charge >= 0.3 is 0 Å². The van der Waals surface area contributed by atoms with Crippen molar-refractivity contribution in [1.29, 1.82) is 0 Å². The molecule has 1 aliphatic rings. The van der Waals surface area contributed by atoms with Gasteiger partial charge in [0.15, 0.2) is 11.6 Å². The number of hydrogen-bond donors (Lipinski definition) is 2. The number of aryl methyl sites for hydroxylation is 2. The summed E-state index contributed by atoms with van der Waals surface area (Å²) < 4.78 is 60.0. The number of pyridine rings is 1. The van der Waals surface area contributed by atoms with Crippen LogP contribution in [-0.2, 0) is 24.3 Å². The average molecular weight is 548 g/mol. The number of fused-ring (bicyclic) bond motifs is 1. The first-order valence-corrected chi connectivity index (χ1v) is 13.1. The van der Waals surface area contributed by atoms with Crippen LogP contribution in [0.2, 0.25) is 0 Å². The smallest absolute Gasteiger partial charge is 0.249 e. The molecule has 1 fully saturated rings. The number of carbonyl (C=O) groups excluding carboxylic acids is 1. The lowest BCUT2D eigenvalue weighted by atomic mass is 9.73. The van der Waals surface area contributed by atoms with Crippen LogP contribution in [0.15, 0.2) is 36.5 Å². The normalized spacial score (nSPS) is 15.4. The Morgan fingerprint density at radius 1 is 1.10 bits per heavy atom. The van der Waals surface area contributed by atoms with Gasteiger partial charge in [0.2, 0.25) is 5.91 Å². The molecule has 1 aliphatic heterocycles. The van der Waals surface area contributed by atoms with E-state index in [0.29, 0.717) is 75.5 Å². The second-order valence-electron chi connectivity index (χ2n) is 10.2. The van der Waals surface area contributed by atoms with E-state index in [-0.39, 0.29) is 12.0 Å². The second kappa shape index (κ2) is 12.7. The van der Waals surface area contributed by atoms with Crippen molar-refractivity contribution in [3.63, 3.8) is 0 Å². The predicted octanol–water partition coefficient (Wildman–Crippen LogP) is 5.67. The Hall–Kier alpha value is -3.24. The minimum absolute atomic E-state index is 0.00687. The molecule has 2 N–H and O–H groups in total. The summed E-state index contributed by atoms with van der Waals surface area (Å²) in [5.41, 5.74) is 3.13. The molecule has 0 atom stereocenters. The number of carbonyl (C=O) groups is 1. The van der Waals surface area contributed by atoms with Crippen LogP contribution < -0.4 is 10.2 Å². The summed E-state index contributed by atoms with van der Waals surface area (Å²) in [4.78, 5) is 19.3. The molecule has 0 saturated carbocycles. The number of benzene rings is 2. The zero-order valence-corrected chi connectivity index (χ0v) is 21.9. The number of alkyl halides is 1. The van der Waals surface area contributed by atoms with Crippen LogP contribution in [-0.4, -0.2) is 47.7 Å². The largest absolute Gasteiger partial charge is 0.497 e. The Morgan fingerprint density at radius 2 is 1.87 bits per heavy atom. The Labute approximate surface area is 224 Å². The number of hydroxylamine groups is 1. The third-order valence-corrected chi connectivity index (χ3v) is 7.89. The molecule has 2 heterocycles. The Morgan fingerprint density at radius 3 is 2.56 bits per heavy atom. The fourth-order valence-electron chi connectivity index (χ4n) is 5.61. The molecule has 4 rings (SSSR count). The molecular formula is C29H33F4N3O3. The summed E-state index contributed by atoms with van der Waals surface area (Å²) in [5, 5.41) is 10.3. The van der Waals surface area contributed by atoms with Gasteiger partial charge < -0.3 is 9.64 Å². The number of aromatic nitrogens is 1. The first kappa shape index (κ1) is 28.8. The summed E-state index contributed by atoms with van der Waals surface area (Å²) in [7, 11) is 1.57. The first-order chi connectivity index (χ1) is 18.8. The van der Waals surface area contributed by atoms with Crippen molar-refractivity contribution < 1.29 is 32.3 Å². The predicted molar refractivity (Wildman–Crippen MR) is 139 cm³/mol. The Bertz CT molecular complexity index is 1310. The van der Waals surface area contributed by atoms with Crippen LogP contribution in [0, 0.1) is 22.9 Å². The fraction of sp³-hybridized carbons (Fsp3) is 0.448. The zero-order chi connectivity index (χ0) is 28.0. The number of piperidine rings is 1. The number of hydrogen-bond acceptors (Lipinski definition) is 5. The topological polar surface area (TPSA) is 74.7 Å². The van der Waals surface area contributed by atoms with Crippen molar-refractivity contribution in [3.05, 3.63) is 70.7 Å². The van der Waals surface area contributed by atoms with E-state index in [1.807, 2.05) is 17.6 Å². The van der Waals surface area contributed by atoms with Crippen molar-refractivity contribution in [2.75, 3.05) is 26.7 Å². The number of nitrogens with zero attached hydrogens (tertiary/aromatic N) is 2. The molecule has 1 saturated heterocycles. The van der Waals surface area contributed by atoms with Crippen molar-refractivity contribution >= 4 is 16.8 Å². The quantitative estimate of drug-likeness (QED) is 0.140. The molecule has 2 aromatic carbocycles. The van der Waals surface area contributed by atoms with Gasteiger partial charge in [-0.3, -0.25) is 15.0 Å². The van der Waals surface area contributed by atoms with Crippen molar-refractivity contribution in [1.82, 2.24) is 15.4 Å².